The maximum Gasteiger partial charge on any atom is 0.199 e. The smallest absolute Gasteiger partial charge is 0.199 e. The highest BCUT2D eigenvalue weighted by Gasteiger charge is 2.30. The van der Waals surface area contributed by atoms with Crippen LogP contribution in [0.2, 0.25) is 0 Å². The molecule has 1 aromatic carbocycles. The van der Waals surface area contributed by atoms with Gasteiger partial charge in [-0.05, 0) is 53.3 Å². The second kappa shape index (κ2) is 7.67. The van der Waals surface area contributed by atoms with Gasteiger partial charge in [-0.2, -0.15) is 5.10 Å². The molecule has 0 amide bonds. The van der Waals surface area contributed by atoms with Crippen molar-refractivity contribution in [3.05, 3.63) is 87.1 Å². The van der Waals surface area contributed by atoms with E-state index in [1.54, 1.807) is 12.4 Å². The maximum atomic E-state index is 5.72. The van der Waals surface area contributed by atoms with Crippen LogP contribution in [0.1, 0.15) is 22.0 Å². The second-order valence-electron chi connectivity index (χ2n) is 7.22. The largest absolute Gasteiger partial charge is 0.303 e. The van der Waals surface area contributed by atoms with E-state index in [2.05, 4.69) is 51.7 Å². The van der Waals surface area contributed by atoms with Crippen molar-refractivity contribution in [2.45, 2.75) is 19.1 Å². The van der Waals surface area contributed by atoms with Crippen molar-refractivity contribution in [1.29, 1.82) is 0 Å². The molecule has 0 saturated heterocycles. The number of pyridine rings is 1. The summed E-state index contributed by atoms with van der Waals surface area (Å²) in [4.78, 5) is 8.07. The Bertz CT molecular complexity index is 1180. The molecule has 29 heavy (non-hydrogen) atoms. The molecule has 7 heteroatoms. The lowest BCUT2D eigenvalue weighted by Gasteiger charge is -2.36. The highest BCUT2D eigenvalue weighted by Crippen LogP contribution is 2.38. The predicted molar refractivity (Wildman–Crippen MR) is 118 cm³/mol. The molecule has 1 atom stereocenters. The Morgan fingerprint density at radius 2 is 1.90 bits per heavy atom. The van der Waals surface area contributed by atoms with E-state index in [0.29, 0.717) is 6.67 Å². The molecular weight excluding hydrogens is 398 g/mol. The van der Waals surface area contributed by atoms with Crippen LogP contribution >= 0.6 is 23.6 Å². The van der Waals surface area contributed by atoms with Gasteiger partial charge < -0.3 is 4.57 Å². The van der Waals surface area contributed by atoms with Crippen molar-refractivity contribution in [3.63, 3.8) is 0 Å². The van der Waals surface area contributed by atoms with Gasteiger partial charge in [0.25, 0.3) is 0 Å². The SMILES string of the molecule is Cn1c(-c2ccncc2)nn(CN2CCc3sccc3[C@@H]2c2ccccc2)c1=S. The van der Waals surface area contributed by atoms with Crippen LogP contribution in [0.3, 0.4) is 0 Å². The van der Waals surface area contributed by atoms with E-state index < -0.39 is 0 Å². The van der Waals surface area contributed by atoms with Crippen molar-refractivity contribution in [1.82, 2.24) is 24.2 Å². The minimum Gasteiger partial charge on any atom is -0.303 e. The zero-order chi connectivity index (χ0) is 19.8. The summed E-state index contributed by atoms with van der Waals surface area (Å²) >= 11 is 7.58. The van der Waals surface area contributed by atoms with Crippen molar-refractivity contribution in [2.24, 2.45) is 7.05 Å². The molecule has 146 valence electrons. The summed E-state index contributed by atoms with van der Waals surface area (Å²) in [7, 11) is 1.98. The fraction of sp³-hybridized carbons (Fsp3) is 0.227. The summed E-state index contributed by atoms with van der Waals surface area (Å²) in [6.07, 6.45) is 4.63. The van der Waals surface area contributed by atoms with E-state index in [4.69, 9.17) is 17.3 Å². The minimum absolute atomic E-state index is 0.222. The molecule has 1 aliphatic rings. The van der Waals surface area contributed by atoms with Gasteiger partial charge in [0, 0.05) is 36.4 Å². The Hall–Kier alpha value is -2.61. The number of rotatable bonds is 4. The van der Waals surface area contributed by atoms with Gasteiger partial charge >= 0.3 is 0 Å². The van der Waals surface area contributed by atoms with Crippen LogP contribution in [0, 0.1) is 4.77 Å². The number of fused-ring (bicyclic) bond motifs is 1. The molecule has 0 spiro atoms. The van der Waals surface area contributed by atoms with Gasteiger partial charge in [-0.25, -0.2) is 4.68 Å². The molecule has 0 N–H and O–H groups in total. The van der Waals surface area contributed by atoms with Crippen molar-refractivity contribution >= 4 is 23.6 Å². The summed E-state index contributed by atoms with van der Waals surface area (Å²) in [5.74, 6) is 0.863. The van der Waals surface area contributed by atoms with Gasteiger partial charge in [-0.3, -0.25) is 9.88 Å². The van der Waals surface area contributed by atoms with Crippen molar-refractivity contribution in [2.75, 3.05) is 6.54 Å². The third-order valence-corrected chi connectivity index (χ3v) is 6.96. The Morgan fingerprint density at radius 1 is 1.10 bits per heavy atom. The summed E-state index contributed by atoms with van der Waals surface area (Å²) in [6, 6.07) is 17.1. The average molecular weight is 420 g/mol. The lowest BCUT2D eigenvalue weighted by Crippen LogP contribution is -2.37. The molecule has 5 nitrogen and oxygen atoms in total. The van der Waals surface area contributed by atoms with Gasteiger partial charge in [0.05, 0.1) is 12.7 Å². The Balaban J connectivity index is 1.52. The van der Waals surface area contributed by atoms with Crippen molar-refractivity contribution in [3.8, 4) is 11.4 Å². The molecule has 0 radical (unpaired) electrons. The number of nitrogens with zero attached hydrogens (tertiary/aromatic N) is 5. The highest BCUT2D eigenvalue weighted by atomic mass is 32.1. The van der Waals surface area contributed by atoms with E-state index >= 15 is 0 Å². The van der Waals surface area contributed by atoms with E-state index in [1.807, 2.05) is 39.8 Å². The molecule has 0 bridgehead atoms. The van der Waals surface area contributed by atoms with Gasteiger partial charge in [0.15, 0.2) is 10.6 Å². The first kappa shape index (κ1) is 18.4. The fourth-order valence-electron chi connectivity index (χ4n) is 4.05. The topological polar surface area (TPSA) is 38.9 Å². The molecule has 0 saturated carbocycles. The molecule has 0 fully saturated rings. The number of aromatic nitrogens is 4. The zero-order valence-corrected chi connectivity index (χ0v) is 17.7. The molecule has 5 rings (SSSR count). The predicted octanol–water partition coefficient (Wildman–Crippen LogP) is 4.68. The van der Waals surface area contributed by atoms with Crippen LogP contribution < -0.4 is 0 Å². The fourth-order valence-corrected chi connectivity index (χ4v) is 5.14. The Labute approximate surface area is 178 Å². The highest BCUT2D eigenvalue weighted by molar-refractivity contribution is 7.71. The zero-order valence-electron chi connectivity index (χ0n) is 16.1. The van der Waals surface area contributed by atoms with Crippen LogP contribution in [0.15, 0.2) is 66.3 Å². The van der Waals surface area contributed by atoms with Crippen LogP contribution in [0.4, 0.5) is 0 Å². The average Bonchev–Trinajstić information content (AvgIpc) is 3.35. The molecule has 4 heterocycles. The molecule has 1 aliphatic heterocycles. The lowest BCUT2D eigenvalue weighted by molar-refractivity contribution is 0.156. The number of thiophene rings is 1. The number of hydrogen-bond donors (Lipinski definition) is 0. The third-order valence-electron chi connectivity index (χ3n) is 5.48. The van der Waals surface area contributed by atoms with E-state index in [0.717, 1.165) is 29.1 Å². The number of hydrogen-bond acceptors (Lipinski definition) is 5. The van der Waals surface area contributed by atoms with Crippen LogP contribution in [-0.2, 0) is 20.1 Å². The third kappa shape index (κ3) is 3.35. The molecule has 4 aromatic rings. The van der Waals surface area contributed by atoms with Gasteiger partial charge in [-0.1, -0.05) is 30.3 Å². The first-order valence-corrected chi connectivity index (χ1v) is 10.9. The van der Waals surface area contributed by atoms with Crippen LogP contribution in [0.25, 0.3) is 11.4 Å². The molecule has 0 aliphatic carbocycles. The normalized spacial score (nSPS) is 16.7. The summed E-state index contributed by atoms with van der Waals surface area (Å²) in [5, 5.41) is 7.06. The Kier molecular flexibility index (Phi) is 4.87. The second-order valence-corrected chi connectivity index (χ2v) is 8.58. The van der Waals surface area contributed by atoms with E-state index in [9.17, 15) is 0 Å². The van der Waals surface area contributed by atoms with E-state index in [-0.39, 0.29) is 6.04 Å². The molecule has 3 aromatic heterocycles. The standard InChI is InChI=1S/C22H21N5S2/c1-25-21(17-7-11-23-12-8-17)24-27(22(25)28)15-26-13-9-19-18(10-14-29-19)20(26)16-5-3-2-4-6-16/h2-8,10-12,14,20H,9,13,15H2,1H3/t20-/m0/s1. The monoisotopic (exact) mass is 419 g/mol. The van der Waals surface area contributed by atoms with Gasteiger partial charge in [0.1, 0.15) is 0 Å². The Morgan fingerprint density at radius 3 is 2.69 bits per heavy atom. The quantitative estimate of drug-likeness (QED) is 0.450. The van der Waals surface area contributed by atoms with Crippen LogP contribution in [-0.4, -0.2) is 30.8 Å². The first-order chi connectivity index (χ1) is 14.2. The lowest BCUT2D eigenvalue weighted by atomic mass is 9.94. The number of benzene rings is 1. The molecule has 0 unspecified atom stereocenters. The van der Waals surface area contributed by atoms with Gasteiger partial charge in [0.2, 0.25) is 0 Å². The summed E-state index contributed by atoms with van der Waals surface area (Å²) in [6.45, 7) is 1.64. The summed E-state index contributed by atoms with van der Waals surface area (Å²) < 4.78 is 4.64. The van der Waals surface area contributed by atoms with E-state index in [1.165, 1.54) is 16.0 Å². The van der Waals surface area contributed by atoms with Crippen LogP contribution in [0.5, 0.6) is 0 Å². The maximum absolute atomic E-state index is 5.72. The summed E-state index contributed by atoms with van der Waals surface area (Å²) in [5.41, 5.74) is 3.73. The first-order valence-electron chi connectivity index (χ1n) is 9.62. The minimum atomic E-state index is 0.222. The van der Waals surface area contributed by atoms with Gasteiger partial charge in [-0.15, -0.1) is 11.3 Å². The van der Waals surface area contributed by atoms with Crippen molar-refractivity contribution < 1.29 is 0 Å². The molecular formula is C22H21N5S2.